The second-order valence-electron chi connectivity index (χ2n) is 6.11. The van der Waals surface area contributed by atoms with Crippen LogP contribution in [0, 0.1) is 0 Å². The first-order valence-corrected chi connectivity index (χ1v) is 9.37. The van der Waals surface area contributed by atoms with E-state index >= 15 is 0 Å². The molecule has 0 atom stereocenters. The predicted molar refractivity (Wildman–Crippen MR) is 92.1 cm³/mol. The maximum atomic E-state index is 12.5. The third kappa shape index (κ3) is 4.25. The van der Waals surface area contributed by atoms with Crippen LogP contribution in [0.2, 0.25) is 4.34 Å². The lowest BCUT2D eigenvalue weighted by Gasteiger charge is -2.23. The molecule has 1 aromatic heterocycles. The molecule has 1 aromatic rings. The van der Waals surface area contributed by atoms with Crippen LogP contribution in [0.4, 0.5) is 0 Å². The van der Waals surface area contributed by atoms with Gasteiger partial charge in [0.1, 0.15) is 0 Å². The minimum atomic E-state index is 0.0506. The standard InChI is InChI=1S/C16H22ClN3O2S/c17-14-5-4-13(23-14)16(22)20-9-3-6-18(10-11-20)12-15(21)19-7-1-2-8-19/h4-5H,1-3,6-12H2. The lowest BCUT2D eigenvalue weighted by Crippen LogP contribution is -2.41. The molecule has 0 unspecified atom stereocenters. The Bertz CT molecular complexity index is 571. The monoisotopic (exact) mass is 355 g/mol. The minimum absolute atomic E-state index is 0.0506. The zero-order chi connectivity index (χ0) is 16.2. The zero-order valence-electron chi connectivity index (χ0n) is 13.2. The molecule has 2 aliphatic heterocycles. The SMILES string of the molecule is O=C(CN1CCCN(C(=O)c2ccc(Cl)s2)CC1)N1CCCC1. The van der Waals surface area contributed by atoms with Crippen molar-refractivity contribution in [3.05, 3.63) is 21.3 Å². The number of amides is 2. The van der Waals surface area contributed by atoms with Gasteiger partial charge in [0.15, 0.2) is 0 Å². The van der Waals surface area contributed by atoms with Crippen LogP contribution in [0.25, 0.3) is 0 Å². The highest BCUT2D eigenvalue weighted by molar-refractivity contribution is 7.17. The number of carbonyl (C=O) groups is 2. The van der Waals surface area contributed by atoms with Crippen molar-refractivity contribution in [1.82, 2.24) is 14.7 Å². The van der Waals surface area contributed by atoms with Crippen molar-refractivity contribution < 1.29 is 9.59 Å². The Morgan fingerprint density at radius 2 is 1.70 bits per heavy atom. The molecule has 23 heavy (non-hydrogen) atoms. The van der Waals surface area contributed by atoms with Crippen LogP contribution in [0.5, 0.6) is 0 Å². The van der Waals surface area contributed by atoms with Gasteiger partial charge in [0.2, 0.25) is 5.91 Å². The summed E-state index contributed by atoms with van der Waals surface area (Å²) in [6.45, 7) is 5.31. The summed E-state index contributed by atoms with van der Waals surface area (Å²) in [4.78, 5) is 31.4. The molecule has 2 amide bonds. The van der Waals surface area contributed by atoms with Crippen molar-refractivity contribution in [2.24, 2.45) is 0 Å². The van der Waals surface area contributed by atoms with Crippen molar-refractivity contribution in [2.75, 3.05) is 45.8 Å². The first-order valence-electron chi connectivity index (χ1n) is 8.18. The molecule has 5 nitrogen and oxygen atoms in total. The van der Waals surface area contributed by atoms with Gasteiger partial charge >= 0.3 is 0 Å². The number of thiophene rings is 1. The molecule has 0 spiro atoms. The lowest BCUT2D eigenvalue weighted by atomic mass is 10.3. The van der Waals surface area contributed by atoms with Gasteiger partial charge in [0, 0.05) is 39.3 Å². The number of hydrogen-bond donors (Lipinski definition) is 0. The van der Waals surface area contributed by atoms with Crippen molar-refractivity contribution in [3.8, 4) is 0 Å². The summed E-state index contributed by atoms with van der Waals surface area (Å²) < 4.78 is 0.640. The van der Waals surface area contributed by atoms with Crippen LogP contribution < -0.4 is 0 Å². The Hall–Kier alpha value is -1.11. The Balaban J connectivity index is 1.52. The quantitative estimate of drug-likeness (QED) is 0.834. The van der Waals surface area contributed by atoms with Gasteiger partial charge in [0.05, 0.1) is 15.8 Å². The maximum absolute atomic E-state index is 12.5. The summed E-state index contributed by atoms with van der Waals surface area (Å²) in [5.74, 6) is 0.280. The maximum Gasteiger partial charge on any atom is 0.264 e. The topological polar surface area (TPSA) is 43.9 Å². The van der Waals surface area contributed by atoms with Gasteiger partial charge < -0.3 is 9.80 Å². The van der Waals surface area contributed by atoms with Crippen molar-refractivity contribution in [2.45, 2.75) is 19.3 Å². The van der Waals surface area contributed by atoms with E-state index in [9.17, 15) is 9.59 Å². The average Bonchev–Trinajstić information content (AvgIpc) is 3.16. The third-order valence-electron chi connectivity index (χ3n) is 4.48. The predicted octanol–water partition coefficient (Wildman–Crippen LogP) is 2.17. The Morgan fingerprint density at radius 3 is 2.39 bits per heavy atom. The third-order valence-corrected chi connectivity index (χ3v) is 5.70. The van der Waals surface area contributed by atoms with Gasteiger partial charge in [-0.2, -0.15) is 0 Å². The molecule has 2 saturated heterocycles. The van der Waals surface area contributed by atoms with E-state index in [2.05, 4.69) is 4.90 Å². The van der Waals surface area contributed by atoms with Crippen molar-refractivity contribution >= 4 is 34.8 Å². The van der Waals surface area contributed by atoms with Gasteiger partial charge in [-0.3, -0.25) is 14.5 Å². The van der Waals surface area contributed by atoms with E-state index in [4.69, 9.17) is 11.6 Å². The number of halogens is 1. The minimum Gasteiger partial charge on any atom is -0.342 e. The largest absolute Gasteiger partial charge is 0.342 e. The lowest BCUT2D eigenvalue weighted by molar-refractivity contribution is -0.131. The molecule has 0 aromatic carbocycles. The first-order chi connectivity index (χ1) is 11.1. The second kappa shape index (κ2) is 7.64. The van der Waals surface area contributed by atoms with E-state index in [1.807, 2.05) is 9.80 Å². The summed E-state index contributed by atoms with van der Waals surface area (Å²) in [6, 6.07) is 3.55. The Morgan fingerprint density at radius 1 is 0.957 bits per heavy atom. The van der Waals surface area contributed by atoms with Crippen LogP contribution in [0.15, 0.2) is 12.1 Å². The molecule has 0 N–H and O–H groups in total. The van der Waals surface area contributed by atoms with E-state index < -0.39 is 0 Å². The molecular formula is C16H22ClN3O2S. The number of likely N-dealkylation sites (tertiary alicyclic amines) is 1. The van der Waals surface area contributed by atoms with Crippen molar-refractivity contribution in [3.63, 3.8) is 0 Å². The van der Waals surface area contributed by atoms with Gasteiger partial charge in [-0.05, 0) is 31.4 Å². The molecule has 126 valence electrons. The first kappa shape index (κ1) is 16.7. The van der Waals surface area contributed by atoms with Crippen molar-refractivity contribution in [1.29, 1.82) is 0 Å². The Kier molecular flexibility index (Phi) is 5.56. The summed E-state index contributed by atoms with van der Waals surface area (Å²) in [7, 11) is 0. The molecule has 7 heteroatoms. The summed E-state index contributed by atoms with van der Waals surface area (Å²) in [5.41, 5.74) is 0. The van der Waals surface area contributed by atoms with Crippen LogP contribution in [-0.2, 0) is 4.79 Å². The van der Waals surface area contributed by atoms with Gasteiger partial charge in [0.25, 0.3) is 5.91 Å². The number of hydrogen-bond acceptors (Lipinski definition) is 4. The Labute approximate surface area is 145 Å². The summed E-state index contributed by atoms with van der Waals surface area (Å²) in [6.07, 6.45) is 3.15. The van der Waals surface area contributed by atoms with E-state index in [1.165, 1.54) is 11.3 Å². The van der Waals surface area contributed by atoms with Crippen LogP contribution in [-0.4, -0.2) is 72.3 Å². The average molecular weight is 356 g/mol. The van der Waals surface area contributed by atoms with E-state index in [-0.39, 0.29) is 11.8 Å². The zero-order valence-corrected chi connectivity index (χ0v) is 14.7. The molecule has 0 saturated carbocycles. The molecular weight excluding hydrogens is 334 g/mol. The second-order valence-corrected chi connectivity index (χ2v) is 7.83. The molecule has 2 aliphatic rings. The highest BCUT2D eigenvalue weighted by Crippen LogP contribution is 2.23. The number of rotatable bonds is 3. The molecule has 3 rings (SSSR count). The van der Waals surface area contributed by atoms with Gasteiger partial charge in [-0.15, -0.1) is 11.3 Å². The highest BCUT2D eigenvalue weighted by atomic mass is 35.5. The molecule has 0 aliphatic carbocycles. The fourth-order valence-corrected chi connectivity index (χ4v) is 4.19. The van der Waals surface area contributed by atoms with Gasteiger partial charge in [-0.25, -0.2) is 0 Å². The summed E-state index contributed by atoms with van der Waals surface area (Å²) in [5, 5.41) is 0. The van der Waals surface area contributed by atoms with Gasteiger partial charge in [-0.1, -0.05) is 11.6 Å². The summed E-state index contributed by atoms with van der Waals surface area (Å²) >= 11 is 7.24. The molecule has 2 fully saturated rings. The number of nitrogens with zero attached hydrogens (tertiary/aromatic N) is 3. The molecule has 3 heterocycles. The fourth-order valence-electron chi connectivity index (χ4n) is 3.18. The molecule has 0 radical (unpaired) electrons. The normalized spacial score (nSPS) is 19.9. The smallest absolute Gasteiger partial charge is 0.264 e. The van der Waals surface area contributed by atoms with Crippen LogP contribution in [0.1, 0.15) is 28.9 Å². The van der Waals surface area contributed by atoms with Crippen LogP contribution in [0.3, 0.4) is 0 Å². The molecule has 0 bridgehead atoms. The van der Waals surface area contributed by atoms with E-state index in [0.717, 1.165) is 52.0 Å². The fraction of sp³-hybridized carbons (Fsp3) is 0.625. The van der Waals surface area contributed by atoms with E-state index in [1.54, 1.807) is 12.1 Å². The van der Waals surface area contributed by atoms with Crippen LogP contribution >= 0.6 is 22.9 Å². The highest BCUT2D eigenvalue weighted by Gasteiger charge is 2.24. The van der Waals surface area contributed by atoms with E-state index in [0.29, 0.717) is 22.3 Å². The number of carbonyl (C=O) groups excluding carboxylic acids is 2.